The Morgan fingerprint density at radius 2 is 0.857 bits per heavy atom. The van der Waals surface area contributed by atoms with E-state index in [4.69, 9.17) is 0 Å². The number of aromatic nitrogens is 4. The molecule has 0 unspecified atom stereocenters. The van der Waals surface area contributed by atoms with E-state index >= 15 is 0 Å². The zero-order valence-corrected chi connectivity index (χ0v) is 22.6. The van der Waals surface area contributed by atoms with E-state index in [9.17, 15) is 0 Å². The van der Waals surface area contributed by atoms with Crippen LogP contribution in [0.1, 0.15) is 112 Å². The van der Waals surface area contributed by atoms with Gasteiger partial charge in [-0.3, -0.25) is 9.97 Å². The lowest BCUT2D eigenvalue weighted by Crippen LogP contribution is -2.74. The summed E-state index contributed by atoms with van der Waals surface area (Å²) in [5, 5.41) is 0. The van der Waals surface area contributed by atoms with E-state index in [-0.39, 0.29) is 0 Å². The van der Waals surface area contributed by atoms with Crippen LogP contribution in [0.3, 0.4) is 0 Å². The van der Waals surface area contributed by atoms with Crippen molar-refractivity contribution in [1.82, 2.24) is 9.97 Å². The van der Waals surface area contributed by atoms with E-state index in [0.717, 1.165) is 0 Å². The summed E-state index contributed by atoms with van der Waals surface area (Å²) < 4.78 is 4.75. The van der Waals surface area contributed by atoms with Gasteiger partial charge in [0.25, 0.3) is 0 Å². The van der Waals surface area contributed by atoms with Crippen LogP contribution in [0, 0.1) is 0 Å². The fraction of sp³-hybridized carbons (Fsp3) is 0.419. The van der Waals surface area contributed by atoms with Gasteiger partial charge in [-0.2, -0.15) is 9.13 Å². The molecule has 4 nitrogen and oxygen atoms in total. The number of hydrogen-bond acceptors (Lipinski definition) is 0. The molecule has 0 aliphatic rings. The minimum absolute atomic E-state index is 0.371. The highest BCUT2D eigenvalue weighted by Crippen LogP contribution is 2.43. The highest BCUT2D eigenvalue weighted by Gasteiger charge is 2.53. The van der Waals surface area contributed by atoms with E-state index in [1.807, 2.05) is 12.4 Å². The maximum absolute atomic E-state index is 3.37. The molecule has 0 saturated heterocycles. The molecule has 0 atom stereocenters. The summed E-state index contributed by atoms with van der Waals surface area (Å²) in [5.74, 6) is 1.48. The third-order valence-electron chi connectivity index (χ3n) is 7.28. The predicted molar refractivity (Wildman–Crippen MR) is 143 cm³/mol. The second kappa shape index (κ2) is 9.85. The highest BCUT2D eigenvalue weighted by atomic mass is 15.3. The molecule has 4 rings (SSSR count). The van der Waals surface area contributed by atoms with Crippen molar-refractivity contribution >= 4 is 0 Å². The minimum Gasteiger partial charge on any atom is -0.250 e. The molecule has 4 heteroatoms. The van der Waals surface area contributed by atoms with Crippen molar-refractivity contribution < 1.29 is 9.13 Å². The number of nitrogens with zero attached hydrogens (tertiary/aromatic N) is 2. The van der Waals surface area contributed by atoms with E-state index in [1.165, 1.54) is 33.4 Å². The lowest BCUT2D eigenvalue weighted by Gasteiger charge is -2.37. The lowest BCUT2D eigenvalue weighted by molar-refractivity contribution is -0.971. The Bertz CT molecular complexity index is 1090. The van der Waals surface area contributed by atoms with E-state index in [2.05, 4.69) is 136 Å². The van der Waals surface area contributed by atoms with Crippen molar-refractivity contribution in [2.75, 3.05) is 0 Å². The molecule has 2 aromatic heterocycles. The smallest absolute Gasteiger partial charge is 0.250 e. The van der Waals surface area contributed by atoms with E-state index < -0.39 is 5.66 Å². The summed E-state index contributed by atoms with van der Waals surface area (Å²) in [4.78, 5) is 6.74. The third-order valence-corrected chi connectivity index (χ3v) is 7.28. The number of nitrogens with one attached hydrogen (secondary N) is 2. The van der Waals surface area contributed by atoms with Crippen LogP contribution in [0.15, 0.2) is 73.8 Å². The first-order chi connectivity index (χ1) is 16.7. The lowest BCUT2D eigenvalue weighted by atomic mass is 9.73. The SMILES string of the molecule is CC(C)c1cccc(C(C)C)c1C(c1c(C(C)C)cccc1C(C)C)([n+]1cc[nH]c1)[n+]1cc[nH]c1. The van der Waals surface area contributed by atoms with Crippen LogP contribution in [0.4, 0.5) is 0 Å². The van der Waals surface area contributed by atoms with Gasteiger partial charge in [-0.15, -0.1) is 0 Å². The van der Waals surface area contributed by atoms with Gasteiger partial charge < -0.3 is 0 Å². The molecule has 4 aromatic rings. The van der Waals surface area contributed by atoms with Gasteiger partial charge >= 0.3 is 5.66 Å². The van der Waals surface area contributed by atoms with Crippen LogP contribution in [0.2, 0.25) is 0 Å². The van der Waals surface area contributed by atoms with Gasteiger partial charge in [0, 0.05) is 0 Å². The molecule has 0 fully saturated rings. The zero-order valence-electron chi connectivity index (χ0n) is 22.6. The quantitative estimate of drug-likeness (QED) is 0.269. The zero-order chi connectivity index (χ0) is 25.3. The van der Waals surface area contributed by atoms with Gasteiger partial charge in [0.2, 0.25) is 12.7 Å². The Labute approximate surface area is 211 Å². The van der Waals surface area contributed by atoms with Crippen LogP contribution in [0.25, 0.3) is 0 Å². The molecular formula is C31H42N4+2. The number of H-pyrrole nitrogens is 2. The largest absolute Gasteiger partial charge is 0.306 e. The van der Waals surface area contributed by atoms with Gasteiger partial charge in [-0.1, -0.05) is 91.8 Å². The number of benzene rings is 2. The molecule has 0 amide bonds. The summed E-state index contributed by atoms with van der Waals surface area (Å²) in [5.41, 5.74) is 7.65. The van der Waals surface area contributed by atoms with Crippen molar-refractivity contribution in [2.24, 2.45) is 0 Å². The molecule has 0 spiro atoms. The molecule has 2 N–H and O–H groups in total. The average molecular weight is 471 g/mol. The first kappa shape index (κ1) is 25.0. The first-order valence-corrected chi connectivity index (χ1v) is 13.1. The topological polar surface area (TPSA) is 39.3 Å². The second-order valence-corrected chi connectivity index (χ2v) is 11.0. The summed E-state index contributed by atoms with van der Waals surface area (Å²) >= 11 is 0. The Morgan fingerprint density at radius 1 is 0.543 bits per heavy atom. The predicted octanol–water partition coefficient (Wildman–Crippen LogP) is 6.71. The fourth-order valence-corrected chi connectivity index (χ4v) is 5.66. The molecule has 0 radical (unpaired) electrons. The molecule has 0 bridgehead atoms. The summed E-state index contributed by atoms with van der Waals surface area (Å²) in [6.07, 6.45) is 12.7. The van der Waals surface area contributed by atoms with Crippen molar-refractivity contribution in [3.8, 4) is 0 Å². The Kier molecular flexibility index (Phi) is 7.02. The minimum atomic E-state index is -0.610. The van der Waals surface area contributed by atoms with Crippen LogP contribution < -0.4 is 9.13 Å². The van der Waals surface area contributed by atoms with Gasteiger partial charge in [-0.05, 0) is 45.9 Å². The van der Waals surface area contributed by atoms with Gasteiger partial charge in [0.15, 0.2) is 0 Å². The number of rotatable bonds is 8. The monoisotopic (exact) mass is 470 g/mol. The molecule has 2 aromatic carbocycles. The molecule has 0 saturated carbocycles. The van der Waals surface area contributed by atoms with Crippen LogP contribution in [-0.2, 0) is 5.66 Å². The van der Waals surface area contributed by atoms with Crippen LogP contribution in [0.5, 0.6) is 0 Å². The van der Waals surface area contributed by atoms with Gasteiger partial charge in [-0.25, -0.2) is 0 Å². The summed E-state index contributed by atoms with van der Waals surface area (Å²) in [6.45, 7) is 18.5. The molecule has 0 aliphatic carbocycles. The maximum atomic E-state index is 3.37. The molecule has 35 heavy (non-hydrogen) atoms. The van der Waals surface area contributed by atoms with Crippen molar-refractivity contribution in [3.63, 3.8) is 0 Å². The second-order valence-electron chi connectivity index (χ2n) is 11.0. The Balaban J connectivity index is 2.36. The summed E-state index contributed by atoms with van der Waals surface area (Å²) in [6, 6.07) is 13.8. The van der Waals surface area contributed by atoms with Crippen LogP contribution >= 0.6 is 0 Å². The molecule has 0 aliphatic heterocycles. The van der Waals surface area contributed by atoms with Crippen molar-refractivity contribution in [1.29, 1.82) is 0 Å². The third kappa shape index (κ3) is 4.13. The number of hydrogen-bond donors (Lipinski definition) is 2. The number of imidazole rings is 2. The van der Waals surface area contributed by atoms with E-state index in [0.29, 0.717) is 23.7 Å². The van der Waals surface area contributed by atoms with Crippen molar-refractivity contribution in [3.05, 3.63) is 107 Å². The average Bonchev–Trinajstić information content (AvgIpc) is 3.55. The number of aromatic amines is 2. The van der Waals surface area contributed by atoms with Gasteiger partial charge in [0.1, 0.15) is 24.8 Å². The molecule has 184 valence electrons. The summed E-state index contributed by atoms with van der Waals surface area (Å²) in [7, 11) is 0. The normalized spacial score (nSPS) is 12.5. The Morgan fingerprint density at radius 3 is 1.09 bits per heavy atom. The van der Waals surface area contributed by atoms with Gasteiger partial charge in [0.05, 0.1) is 11.1 Å². The van der Waals surface area contributed by atoms with E-state index in [1.54, 1.807) is 0 Å². The Hall–Kier alpha value is -3.14. The van der Waals surface area contributed by atoms with Crippen LogP contribution in [-0.4, -0.2) is 9.97 Å². The highest BCUT2D eigenvalue weighted by molar-refractivity contribution is 5.52. The molecule has 2 heterocycles. The van der Waals surface area contributed by atoms with Crippen molar-refractivity contribution in [2.45, 2.75) is 84.7 Å². The standard InChI is InChI=1S/C31H40N4/c1-21(2)25-11-9-12-26(22(3)4)29(25)31(34-17-15-32-19-34,35-18-16-33-20-35)30-27(23(5)6)13-10-14-28(30)24(7)8/h9-24H,1-8H3/p+2. The first-order valence-electron chi connectivity index (χ1n) is 13.1. The molecular weight excluding hydrogens is 428 g/mol. The maximum Gasteiger partial charge on any atom is 0.306 e. The fourth-order valence-electron chi connectivity index (χ4n) is 5.66.